The van der Waals surface area contributed by atoms with Crippen molar-refractivity contribution in [3.63, 3.8) is 0 Å². The number of para-hydroxylation sites is 1. The van der Waals surface area contributed by atoms with E-state index < -0.39 is 5.82 Å². The zero-order valence-electron chi connectivity index (χ0n) is 19.4. The first kappa shape index (κ1) is 23.1. The van der Waals surface area contributed by atoms with E-state index in [1.807, 2.05) is 13.8 Å². The zero-order valence-corrected chi connectivity index (χ0v) is 19.4. The van der Waals surface area contributed by atoms with Crippen molar-refractivity contribution in [1.29, 1.82) is 0 Å². The average molecular weight is 447 g/mol. The van der Waals surface area contributed by atoms with E-state index in [0.717, 1.165) is 61.7 Å². The lowest BCUT2D eigenvalue weighted by Gasteiger charge is -2.32. The van der Waals surface area contributed by atoms with Crippen LogP contribution < -0.4 is 5.32 Å². The maximum Gasteiger partial charge on any atom is 0.229 e. The Labute approximate surface area is 195 Å². The first-order valence-electron chi connectivity index (χ1n) is 11.6. The van der Waals surface area contributed by atoms with E-state index in [0.29, 0.717) is 5.92 Å². The van der Waals surface area contributed by atoms with Gasteiger partial charge in [-0.3, -0.25) is 4.79 Å². The van der Waals surface area contributed by atoms with Crippen LogP contribution in [0.3, 0.4) is 0 Å². The molecule has 0 unspecified atom stereocenters. The molecular weight excluding hydrogens is 415 g/mol. The summed E-state index contributed by atoms with van der Waals surface area (Å²) in [4.78, 5) is 24.6. The van der Waals surface area contributed by atoms with Crippen molar-refractivity contribution in [2.45, 2.75) is 45.4 Å². The molecule has 1 atom stereocenters. The van der Waals surface area contributed by atoms with Crippen molar-refractivity contribution in [3.05, 3.63) is 88.8 Å². The minimum absolute atomic E-state index is 0.125. The topological polar surface area (TPSA) is 58.1 Å². The molecule has 5 nitrogen and oxygen atoms in total. The molecule has 0 bridgehead atoms. The number of aryl methyl sites for hydroxylation is 2. The fourth-order valence-corrected chi connectivity index (χ4v) is 4.52. The Hall–Kier alpha value is -3.12. The van der Waals surface area contributed by atoms with Crippen LogP contribution in [0.2, 0.25) is 0 Å². The number of halogens is 1. The van der Waals surface area contributed by atoms with Crippen LogP contribution in [0.15, 0.2) is 54.6 Å². The summed E-state index contributed by atoms with van der Waals surface area (Å²) in [7, 11) is 0. The lowest BCUT2D eigenvalue weighted by molar-refractivity contribution is -0.115. The summed E-state index contributed by atoms with van der Waals surface area (Å²) in [5.74, 6) is 0.452. The van der Waals surface area contributed by atoms with Crippen LogP contribution in [0.4, 0.5) is 10.1 Å². The maximum atomic E-state index is 13.8. The largest absolute Gasteiger partial charge is 0.323 e. The van der Waals surface area contributed by atoms with Crippen LogP contribution in [0.5, 0.6) is 0 Å². The predicted molar refractivity (Wildman–Crippen MR) is 129 cm³/mol. The molecule has 1 aromatic heterocycles. The highest BCUT2D eigenvalue weighted by Gasteiger charge is 2.25. The molecule has 4 rings (SSSR count). The van der Waals surface area contributed by atoms with E-state index in [9.17, 15) is 9.18 Å². The smallest absolute Gasteiger partial charge is 0.229 e. The number of hydrogen-bond donors (Lipinski definition) is 1. The Bertz CT molecular complexity index is 1080. The van der Waals surface area contributed by atoms with Crippen molar-refractivity contribution in [2.24, 2.45) is 0 Å². The van der Waals surface area contributed by atoms with Gasteiger partial charge in [0.15, 0.2) is 0 Å². The number of amides is 1. The molecule has 2 aromatic carbocycles. The molecule has 1 N–H and O–H groups in total. The fraction of sp³-hybridized carbons (Fsp3) is 0.370. The van der Waals surface area contributed by atoms with E-state index in [4.69, 9.17) is 9.97 Å². The summed E-state index contributed by atoms with van der Waals surface area (Å²) in [6.07, 6.45) is 3.38. The molecule has 0 radical (unpaired) electrons. The van der Waals surface area contributed by atoms with Gasteiger partial charge in [0.05, 0.1) is 12.1 Å². The Kier molecular flexibility index (Phi) is 7.45. The third kappa shape index (κ3) is 6.02. The first-order valence-corrected chi connectivity index (χ1v) is 11.6. The van der Waals surface area contributed by atoms with Crippen molar-refractivity contribution in [3.8, 4) is 0 Å². The summed E-state index contributed by atoms with van der Waals surface area (Å²) in [5.41, 5.74) is 4.00. The highest BCUT2D eigenvalue weighted by Crippen LogP contribution is 2.26. The highest BCUT2D eigenvalue weighted by atomic mass is 19.1. The van der Waals surface area contributed by atoms with Crippen molar-refractivity contribution in [2.75, 3.05) is 25.0 Å². The van der Waals surface area contributed by atoms with Gasteiger partial charge in [-0.05, 0) is 57.4 Å². The number of benzene rings is 2. The van der Waals surface area contributed by atoms with Gasteiger partial charge in [0.2, 0.25) is 5.91 Å². The van der Waals surface area contributed by atoms with Gasteiger partial charge in [0, 0.05) is 36.0 Å². The Balaban J connectivity index is 1.39. The second-order valence-electron chi connectivity index (χ2n) is 8.81. The minimum atomic E-state index is -0.444. The minimum Gasteiger partial charge on any atom is -0.323 e. The van der Waals surface area contributed by atoms with Gasteiger partial charge in [-0.1, -0.05) is 42.5 Å². The van der Waals surface area contributed by atoms with Crippen molar-refractivity contribution >= 4 is 11.6 Å². The lowest BCUT2D eigenvalue weighted by Crippen LogP contribution is -2.36. The third-order valence-corrected chi connectivity index (χ3v) is 6.35. The number of carbonyl (C=O) groups is 1. The second kappa shape index (κ2) is 10.7. The fourth-order valence-electron chi connectivity index (χ4n) is 4.52. The number of piperidine rings is 1. The first-order chi connectivity index (χ1) is 16.0. The predicted octanol–water partition coefficient (Wildman–Crippen LogP) is 4.84. The Morgan fingerprint density at radius 1 is 1.06 bits per heavy atom. The van der Waals surface area contributed by atoms with Crippen LogP contribution in [0.1, 0.15) is 47.1 Å². The lowest BCUT2D eigenvalue weighted by atomic mass is 9.96. The van der Waals surface area contributed by atoms with Crippen LogP contribution in [0.25, 0.3) is 0 Å². The van der Waals surface area contributed by atoms with E-state index in [2.05, 4.69) is 40.5 Å². The number of hydrogen-bond acceptors (Lipinski definition) is 4. The van der Waals surface area contributed by atoms with Crippen molar-refractivity contribution < 1.29 is 9.18 Å². The molecule has 1 amide bonds. The number of nitrogens with one attached hydrogen (secondary N) is 1. The normalized spacial score (nSPS) is 16.5. The molecule has 3 aromatic rings. The average Bonchev–Trinajstić information content (AvgIpc) is 2.82. The molecular formula is C27H31FN4O. The molecule has 0 aliphatic carbocycles. The summed E-state index contributed by atoms with van der Waals surface area (Å²) >= 11 is 0. The molecule has 1 aliphatic rings. The monoisotopic (exact) mass is 446 g/mol. The summed E-state index contributed by atoms with van der Waals surface area (Å²) in [6.45, 7) is 6.96. The molecule has 2 heterocycles. The Morgan fingerprint density at radius 2 is 1.76 bits per heavy atom. The molecule has 0 spiro atoms. The van der Waals surface area contributed by atoms with Gasteiger partial charge < -0.3 is 10.2 Å². The van der Waals surface area contributed by atoms with Gasteiger partial charge >= 0.3 is 0 Å². The zero-order chi connectivity index (χ0) is 23.2. The van der Waals surface area contributed by atoms with Crippen LogP contribution in [-0.2, 0) is 17.6 Å². The second-order valence-corrected chi connectivity index (χ2v) is 8.81. The summed E-state index contributed by atoms with van der Waals surface area (Å²) in [6, 6.07) is 16.8. The number of carbonyl (C=O) groups excluding carboxylic acids is 1. The van der Waals surface area contributed by atoms with Crippen molar-refractivity contribution in [1.82, 2.24) is 14.9 Å². The molecule has 1 fully saturated rings. The van der Waals surface area contributed by atoms with Crippen LogP contribution >= 0.6 is 0 Å². The molecule has 1 aliphatic heterocycles. The van der Waals surface area contributed by atoms with Gasteiger partial charge in [0.25, 0.3) is 0 Å². The standard InChI is InChI=1S/C27H31FN4O/c1-19-23(17-26(33)31-25-13-7-6-12-24(25)28)20(2)30-27(29-19)22-11-8-15-32(18-22)16-14-21-9-4-3-5-10-21/h3-7,9-10,12-13,22H,8,11,14-18H2,1-2H3,(H,31,33)/t22-/m0/s1. The van der Waals surface area contributed by atoms with Gasteiger partial charge in [0.1, 0.15) is 11.6 Å². The van der Waals surface area contributed by atoms with Crippen LogP contribution in [0, 0.1) is 19.7 Å². The quantitative estimate of drug-likeness (QED) is 0.564. The van der Waals surface area contributed by atoms with Gasteiger partial charge in [-0.15, -0.1) is 0 Å². The summed E-state index contributed by atoms with van der Waals surface area (Å²) < 4.78 is 13.8. The highest BCUT2D eigenvalue weighted by molar-refractivity contribution is 5.92. The SMILES string of the molecule is Cc1nc([C@H]2CCCN(CCc3ccccc3)C2)nc(C)c1CC(=O)Nc1ccccc1F. The van der Waals surface area contributed by atoms with E-state index in [-0.39, 0.29) is 18.0 Å². The Morgan fingerprint density at radius 3 is 2.48 bits per heavy atom. The molecule has 33 heavy (non-hydrogen) atoms. The maximum absolute atomic E-state index is 13.8. The third-order valence-electron chi connectivity index (χ3n) is 6.35. The van der Waals surface area contributed by atoms with Gasteiger partial charge in [-0.25, -0.2) is 14.4 Å². The van der Waals surface area contributed by atoms with Crippen LogP contribution in [-0.4, -0.2) is 40.4 Å². The van der Waals surface area contributed by atoms with Gasteiger partial charge in [-0.2, -0.15) is 0 Å². The molecule has 0 saturated carbocycles. The molecule has 1 saturated heterocycles. The number of likely N-dealkylation sites (tertiary alicyclic amines) is 1. The molecule has 172 valence electrons. The number of rotatable bonds is 7. The van der Waals surface area contributed by atoms with E-state index in [1.165, 1.54) is 11.6 Å². The van der Waals surface area contributed by atoms with E-state index >= 15 is 0 Å². The molecule has 6 heteroatoms. The van der Waals surface area contributed by atoms with E-state index in [1.54, 1.807) is 18.2 Å². The number of anilines is 1. The number of nitrogens with zero attached hydrogens (tertiary/aromatic N) is 3. The summed E-state index contributed by atoms with van der Waals surface area (Å²) in [5, 5.41) is 2.65. The number of aromatic nitrogens is 2.